The molecule has 1 aromatic rings. The minimum atomic E-state index is -0.0209. The van der Waals surface area contributed by atoms with Crippen LogP contribution in [0.2, 0.25) is 0 Å². The Morgan fingerprint density at radius 2 is 2.25 bits per heavy atom. The predicted octanol–water partition coefficient (Wildman–Crippen LogP) is 1.55. The van der Waals surface area contributed by atoms with Gasteiger partial charge >= 0.3 is 0 Å². The summed E-state index contributed by atoms with van der Waals surface area (Å²) in [4.78, 5) is 1.90. The second-order valence-electron chi connectivity index (χ2n) is 3.72. The van der Waals surface area contributed by atoms with Gasteiger partial charge in [0.05, 0.1) is 6.61 Å². The third-order valence-corrected chi connectivity index (χ3v) is 3.05. The normalized spacial score (nSPS) is 12.2. The van der Waals surface area contributed by atoms with Crippen molar-refractivity contribution in [1.29, 1.82) is 5.41 Å². The van der Waals surface area contributed by atoms with Crippen LogP contribution in [0.1, 0.15) is 12.5 Å². The molecule has 5 heteroatoms. The fourth-order valence-electron chi connectivity index (χ4n) is 1.38. The van der Waals surface area contributed by atoms with Gasteiger partial charge in [0, 0.05) is 28.8 Å². The van der Waals surface area contributed by atoms with Gasteiger partial charge in [-0.2, -0.15) is 0 Å². The van der Waals surface area contributed by atoms with Crippen LogP contribution in [0, 0.1) is 5.41 Å². The van der Waals surface area contributed by atoms with Gasteiger partial charge in [-0.05, 0) is 25.1 Å². The zero-order valence-electron chi connectivity index (χ0n) is 9.37. The monoisotopic (exact) mass is 285 g/mol. The Morgan fingerprint density at radius 3 is 2.75 bits per heavy atom. The summed E-state index contributed by atoms with van der Waals surface area (Å²) in [6.45, 7) is 1.96. The molecule has 1 aromatic carbocycles. The number of rotatable bonds is 4. The van der Waals surface area contributed by atoms with Gasteiger partial charge in [-0.1, -0.05) is 15.9 Å². The standard InChI is InChI=1S/C11H16BrN3O/c1-7(6-16)15(2)10-5-8(12)3-4-9(10)11(13)14/h3-5,7,16H,6H2,1-2H3,(H3,13,14). The van der Waals surface area contributed by atoms with E-state index in [9.17, 15) is 0 Å². The number of halogens is 1. The van der Waals surface area contributed by atoms with Gasteiger partial charge in [0.2, 0.25) is 0 Å². The predicted molar refractivity (Wildman–Crippen MR) is 70.1 cm³/mol. The number of nitrogens with zero attached hydrogens (tertiary/aromatic N) is 1. The molecule has 1 rings (SSSR count). The first-order valence-electron chi connectivity index (χ1n) is 4.95. The van der Waals surface area contributed by atoms with Crippen molar-refractivity contribution < 1.29 is 5.11 Å². The topological polar surface area (TPSA) is 73.3 Å². The first-order chi connectivity index (χ1) is 7.47. The molecular formula is C11H16BrN3O. The van der Waals surface area contributed by atoms with Crippen LogP contribution in [0.25, 0.3) is 0 Å². The number of hydrogen-bond donors (Lipinski definition) is 3. The Kier molecular flexibility index (Phi) is 4.32. The first-order valence-corrected chi connectivity index (χ1v) is 5.74. The van der Waals surface area contributed by atoms with Gasteiger partial charge in [0.1, 0.15) is 5.84 Å². The third-order valence-electron chi connectivity index (χ3n) is 2.56. The van der Waals surface area contributed by atoms with Crippen LogP contribution in [-0.2, 0) is 0 Å². The maximum atomic E-state index is 9.13. The summed E-state index contributed by atoms with van der Waals surface area (Å²) in [5.74, 6) is 0.0273. The Labute approximate surface area is 104 Å². The minimum Gasteiger partial charge on any atom is -0.394 e. The number of anilines is 1. The molecular weight excluding hydrogens is 270 g/mol. The lowest BCUT2D eigenvalue weighted by Gasteiger charge is -2.27. The van der Waals surface area contributed by atoms with Crippen molar-refractivity contribution in [2.45, 2.75) is 13.0 Å². The maximum absolute atomic E-state index is 9.13. The Morgan fingerprint density at radius 1 is 1.62 bits per heavy atom. The number of amidine groups is 1. The number of aliphatic hydroxyl groups excluding tert-OH is 1. The molecule has 0 aromatic heterocycles. The largest absolute Gasteiger partial charge is 0.394 e. The van der Waals surface area contributed by atoms with E-state index >= 15 is 0 Å². The van der Waals surface area contributed by atoms with Crippen LogP contribution >= 0.6 is 15.9 Å². The van der Waals surface area contributed by atoms with E-state index in [1.54, 1.807) is 6.07 Å². The summed E-state index contributed by atoms with van der Waals surface area (Å²) >= 11 is 3.38. The summed E-state index contributed by atoms with van der Waals surface area (Å²) in [5.41, 5.74) is 7.03. The molecule has 1 atom stereocenters. The summed E-state index contributed by atoms with van der Waals surface area (Å²) in [6.07, 6.45) is 0. The average molecular weight is 286 g/mol. The lowest BCUT2D eigenvalue weighted by Crippen LogP contribution is -2.33. The summed E-state index contributed by atoms with van der Waals surface area (Å²) < 4.78 is 0.921. The number of nitrogens with two attached hydrogens (primary N) is 1. The van der Waals surface area contributed by atoms with E-state index in [4.69, 9.17) is 16.2 Å². The van der Waals surface area contributed by atoms with Gasteiger partial charge in [-0.3, -0.25) is 5.41 Å². The lowest BCUT2D eigenvalue weighted by molar-refractivity contribution is 0.270. The smallest absolute Gasteiger partial charge is 0.124 e. The number of aliphatic hydroxyl groups is 1. The highest BCUT2D eigenvalue weighted by atomic mass is 79.9. The Balaban J connectivity index is 3.19. The molecule has 0 bridgehead atoms. The molecule has 1 unspecified atom stereocenters. The van der Waals surface area contributed by atoms with Crippen molar-refractivity contribution in [2.24, 2.45) is 5.73 Å². The summed E-state index contributed by atoms with van der Waals surface area (Å²) in [5, 5.41) is 16.6. The van der Waals surface area contributed by atoms with Gasteiger partial charge in [0.25, 0.3) is 0 Å². The highest BCUT2D eigenvalue weighted by Gasteiger charge is 2.14. The first kappa shape index (κ1) is 13.0. The Bertz CT molecular complexity index is 395. The SMILES string of the molecule is CC(CO)N(C)c1cc(Br)ccc1C(=N)N. The molecule has 0 aliphatic heterocycles. The molecule has 88 valence electrons. The van der Waals surface area contributed by atoms with Crippen LogP contribution in [0.15, 0.2) is 22.7 Å². The average Bonchev–Trinajstić information content (AvgIpc) is 2.26. The quantitative estimate of drug-likeness (QED) is 0.581. The van der Waals surface area contributed by atoms with Crippen LogP contribution < -0.4 is 10.6 Å². The van der Waals surface area contributed by atoms with Gasteiger partial charge in [0.15, 0.2) is 0 Å². The van der Waals surface area contributed by atoms with Gasteiger partial charge in [-0.15, -0.1) is 0 Å². The van der Waals surface area contributed by atoms with Crippen molar-refractivity contribution in [3.8, 4) is 0 Å². The van der Waals surface area contributed by atoms with Crippen molar-refractivity contribution >= 4 is 27.5 Å². The number of nitrogen functional groups attached to an aromatic ring is 1. The maximum Gasteiger partial charge on any atom is 0.124 e. The summed E-state index contributed by atoms with van der Waals surface area (Å²) in [7, 11) is 1.87. The van der Waals surface area contributed by atoms with Crippen molar-refractivity contribution in [2.75, 3.05) is 18.6 Å². The second kappa shape index (κ2) is 5.32. The van der Waals surface area contributed by atoms with Gasteiger partial charge < -0.3 is 15.7 Å². The fraction of sp³-hybridized carbons (Fsp3) is 0.364. The molecule has 0 saturated heterocycles. The van der Waals surface area contributed by atoms with Crippen LogP contribution in [0.3, 0.4) is 0 Å². The van der Waals surface area contributed by atoms with Crippen molar-refractivity contribution in [1.82, 2.24) is 0 Å². The molecule has 0 spiro atoms. The highest BCUT2D eigenvalue weighted by Crippen LogP contribution is 2.25. The molecule has 0 aliphatic rings. The molecule has 0 heterocycles. The molecule has 4 N–H and O–H groups in total. The van der Waals surface area contributed by atoms with E-state index in [0.29, 0.717) is 5.56 Å². The Hall–Kier alpha value is -1.07. The van der Waals surface area contributed by atoms with Crippen LogP contribution in [0.4, 0.5) is 5.69 Å². The van der Waals surface area contributed by atoms with E-state index < -0.39 is 0 Å². The molecule has 0 amide bonds. The zero-order chi connectivity index (χ0) is 12.3. The van der Waals surface area contributed by atoms with Crippen molar-refractivity contribution in [3.05, 3.63) is 28.2 Å². The molecule has 0 fully saturated rings. The summed E-state index contributed by atoms with van der Waals surface area (Å²) in [6, 6.07) is 5.51. The van der Waals surface area contributed by atoms with E-state index in [0.717, 1.165) is 10.2 Å². The number of benzene rings is 1. The van der Waals surface area contributed by atoms with Crippen LogP contribution in [-0.4, -0.2) is 30.6 Å². The van der Waals surface area contributed by atoms with E-state index in [1.165, 1.54) is 0 Å². The van der Waals surface area contributed by atoms with E-state index in [-0.39, 0.29) is 18.5 Å². The lowest BCUT2D eigenvalue weighted by atomic mass is 10.1. The molecule has 0 saturated carbocycles. The number of nitrogens with one attached hydrogen (secondary N) is 1. The minimum absolute atomic E-state index is 0.0209. The fourth-order valence-corrected chi connectivity index (χ4v) is 1.73. The van der Waals surface area contributed by atoms with Crippen molar-refractivity contribution in [3.63, 3.8) is 0 Å². The van der Waals surface area contributed by atoms with Gasteiger partial charge in [-0.25, -0.2) is 0 Å². The van der Waals surface area contributed by atoms with E-state index in [1.807, 2.05) is 31.0 Å². The molecule has 0 radical (unpaired) electrons. The number of likely N-dealkylation sites (N-methyl/N-ethyl adjacent to an activating group) is 1. The molecule has 0 aliphatic carbocycles. The zero-order valence-corrected chi connectivity index (χ0v) is 11.0. The van der Waals surface area contributed by atoms with E-state index in [2.05, 4.69) is 15.9 Å². The third kappa shape index (κ3) is 2.74. The second-order valence-corrected chi connectivity index (χ2v) is 4.63. The van der Waals surface area contributed by atoms with Crippen LogP contribution in [0.5, 0.6) is 0 Å². The highest BCUT2D eigenvalue weighted by molar-refractivity contribution is 9.10. The molecule has 16 heavy (non-hydrogen) atoms. The number of hydrogen-bond acceptors (Lipinski definition) is 3. The molecule has 4 nitrogen and oxygen atoms in total.